The molecule has 0 saturated heterocycles. The van der Waals surface area contributed by atoms with E-state index in [1.54, 1.807) is 0 Å². The van der Waals surface area contributed by atoms with Crippen LogP contribution in [0.3, 0.4) is 0 Å². The van der Waals surface area contributed by atoms with E-state index in [9.17, 15) is 14.4 Å². The number of carbonyl (C=O) groups is 4. The maximum atomic E-state index is 10.3. The van der Waals surface area contributed by atoms with Gasteiger partial charge in [0.2, 0.25) is 0 Å². The van der Waals surface area contributed by atoms with E-state index < -0.39 is 42.5 Å². The molecule has 0 aromatic carbocycles. The SMILES string of the molecule is O=C(O)CC(O)(CC(=O)O)C(=O)O.O=C(O)O.[KH].[NaH]. The van der Waals surface area contributed by atoms with Crippen molar-refractivity contribution in [2.75, 3.05) is 0 Å². The summed E-state index contributed by atoms with van der Waals surface area (Å²) >= 11 is 0. The summed E-state index contributed by atoms with van der Waals surface area (Å²) in [4.78, 5) is 39.0. The molecule has 0 bridgehead atoms. The van der Waals surface area contributed by atoms with E-state index in [1.165, 1.54) is 0 Å². The number of rotatable bonds is 5. The van der Waals surface area contributed by atoms with E-state index in [0.29, 0.717) is 0 Å². The van der Waals surface area contributed by atoms with E-state index in [2.05, 4.69) is 0 Å². The van der Waals surface area contributed by atoms with Crippen molar-refractivity contribution in [3.63, 3.8) is 0 Å². The second-order valence-electron chi connectivity index (χ2n) is 2.76. The van der Waals surface area contributed by atoms with E-state index >= 15 is 0 Å². The Morgan fingerprint density at radius 2 is 1.00 bits per heavy atom. The zero-order valence-corrected chi connectivity index (χ0v) is 8.23. The summed E-state index contributed by atoms with van der Waals surface area (Å²) in [7, 11) is 0. The Morgan fingerprint density at radius 1 is 0.789 bits per heavy atom. The Kier molecular flexibility index (Phi) is 19.3. The third kappa shape index (κ3) is 18.3. The number of aliphatic hydroxyl groups is 1. The van der Waals surface area contributed by atoms with Gasteiger partial charge in [-0.25, -0.2) is 9.59 Å². The van der Waals surface area contributed by atoms with Crippen LogP contribution in [0.15, 0.2) is 0 Å². The predicted molar refractivity (Wildman–Crippen MR) is 62.0 cm³/mol. The van der Waals surface area contributed by atoms with Crippen molar-refractivity contribution in [1.29, 1.82) is 0 Å². The molecule has 0 saturated carbocycles. The molecule has 0 heterocycles. The van der Waals surface area contributed by atoms with E-state index in [0.717, 1.165) is 0 Å². The third-order valence-corrected chi connectivity index (χ3v) is 1.29. The molecule has 0 fully saturated rings. The molecule has 0 aromatic rings. The molecule has 0 spiro atoms. The van der Waals surface area contributed by atoms with Gasteiger partial charge in [-0.3, -0.25) is 9.59 Å². The first-order chi connectivity index (χ1) is 7.51. The molecule has 0 rings (SSSR count). The summed E-state index contributed by atoms with van der Waals surface area (Å²) in [6, 6.07) is 0. The number of carboxylic acid groups (broad SMARTS) is 5. The van der Waals surface area contributed by atoms with Crippen molar-refractivity contribution in [2.45, 2.75) is 18.4 Å². The molecule has 0 atom stereocenters. The van der Waals surface area contributed by atoms with Crippen LogP contribution in [0.2, 0.25) is 0 Å². The van der Waals surface area contributed by atoms with E-state index in [-0.39, 0.29) is 80.9 Å². The van der Waals surface area contributed by atoms with Crippen molar-refractivity contribution in [1.82, 2.24) is 0 Å². The summed E-state index contributed by atoms with van der Waals surface area (Å²) in [5.41, 5.74) is -2.74. The summed E-state index contributed by atoms with van der Waals surface area (Å²) in [6.45, 7) is 0. The molecule has 0 aromatic heterocycles. The average Bonchev–Trinajstić information content (AvgIpc) is 1.98. The van der Waals surface area contributed by atoms with Crippen LogP contribution >= 0.6 is 0 Å². The molecule has 0 aliphatic heterocycles. The summed E-state index contributed by atoms with van der Waals surface area (Å²) in [5.74, 6) is -5.02. The van der Waals surface area contributed by atoms with Crippen LogP contribution in [-0.4, -0.2) is 141 Å². The van der Waals surface area contributed by atoms with Crippen molar-refractivity contribution < 1.29 is 49.8 Å². The molecule has 19 heavy (non-hydrogen) atoms. The molecule has 0 aliphatic rings. The zero-order valence-electron chi connectivity index (χ0n) is 8.23. The first kappa shape index (κ1) is 27.6. The Morgan fingerprint density at radius 3 is 1.11 bits per heavy atom. The summed E-state index contributed by atoms with van der Waals surface area (Å²) in [6.07, 6.45) is -4.12. The average molecular weight is 318 g/mol. The number of carboxylic acids is 3. The third-order valence-electron chi connectivity index (χ3n) is 1.29. The van der Waals surface area contributed by atoms with Gasteiger partial charge in [-0.2, -0.15) is 0 Å². The molecule has 6 N–H and O–H groups in total. The Bertz CT molecular complexity index is 310. The minimum atomic E-state index is -2.74. The quantitative estimate of drug-likeness (QED) is 0.300. The summed E-state index contributed by atoms with van der Waals surface area (Å²) < 4.78 is 0. The molecule has 0 unspecified atom stereocenters. The van der Waals surface area contributed by atoms with Gasteiger partial charge in [-0.15, -0.1) is 0 Å². The van der Waals surface area contributed by atoms with Gasteiger partial charge in [0.15, 0.2) is 5.60 Å². The Labute approximate surface area is 171 Å². The fourth-order valence-electron chi connectivity index (χ4n) is 0.714. The molecular weight excluding hydrogens is 306 g/mol. The van der Waals surface area contributed by atoms with Crippen molar-refractivity contribution in [3.8, 4) is 0 Å². The van der Waals surface area contributed by atoms with Gasteiger partial charge in [0.1, 0.15) is 0 Å². The maximum absolute atomic E-state index is 10.3. The summed E-state index contributed by atoms with van der Waals surface area (Å²) in [5, 5.41) is 47.8. The normalized spacial score (nSPS) is 8.68. The monoisotopic (exact) mass is 318 g/mol. The molecule has 0 amide bonds. The fourth-order valence-corrected chi connectivity index (χ4v) is 0.714. The minimum absolute atomic E-state index is 0. The Hall–Kier alpha value is 0.276. The first-order valence-electron chi connectivity index (χ1n) is 3.82. The van der Waals surface area contributed by atoms with Crippen LogP contribution in [0.25, 0.3) is 0 Å². The standard InChI is InChI=1S/C6H8O7.CH2O3.K.Na.2H/c7-3(8)1-6(13,5(11)12)2-4(9)10;2-1(3)4;;;;/h13H,1-2H2,(H,7,8)(H,9,10)(H,11,12);(H2,2,3,4);;;;. The zero-order chi connectivity index (χ0) is 14.2. The number of hydrogen-bond donors (Lipinski definition) is 6. The van der Waals surface area contributed by atoms with Crippen LogP contribution in [0.1, 0.15) is 12.8 Å². The molecule has 12 heteroatoms. The van der Waals surface area contributed by atoms with Gasteiger partial charge < -0.3 is 30.6 Å². The number of aliphatic carboxylic acids is 3. The van der Waals surface area contributed by atoms with Crippen LogP contribution < -0.4 is 0 Å². The van der Waals surface area contributed by atoms with Crippen LogP contribution in [-0.2, 0) is 14.4 Å². The molecule has 0 radical (unpaired) electrons. The van der Waals surface area contributed by atoms with Gasteiger partial charge in [0.25, 0.3) is 0 Å². The van der Waals surface area contributed by atoms with Crippen LogP contribution in [0, 0.1) is 0 Å². The van der Waals surface area contributed by atoms with E-state index in [4.69, 9.17) is 35.4 Å². The molecule has 0 aliphatic carbocycles. The number of hydrogen-bond acceptors (Lipinski definition) is 5. The van der Waals surface area contributed by atoms with Crippen molar-refractivity contribution in [3.05, 3.63) is 0 Å². The molecule has 10 nitrogen and oxygen atoms in total. The molecule has 102 valence electrons. The fraction of sp³-hybridized carbons (Fsp3) is 0.429. The van der Waals surface area contributed by atoms with Gasteiger partial charge in [-0.1, -0.05) is 0 Å². The van der Waals surface area contributed by atoms with Gasteiger partial charge in [-0.05, 0) is 0 Å². The topological polar surface area (TPSA) is 190 Å². The van der Waals surface area contributed by atoms with Crippen molar-refractivity contribution >= 4 is 105 Å². The first-order valence-corrected chi connectivity index (χ1v) is 3.82. The second kappa shape index (κ2) is 13.3. The van der Waals surface area contributed by atoms with E-state index in [1.807, 2.05) is 0 Å². The van der Waals surface area contributed by atoms with Gasteiger partial charge >= 0.3 is 105 Å². The van der Waals surface area contributed by atoms with Gasteiger partial charge in [0, 0.05) is 0 Å². The molecular formula is C7H12KNaO10. The second-order valence-corrected chi connectivity index (χ2v) is 2.76. The van der Waals surface area contributed by atoms with Crippen molar-refractivity contribution in [2.24, 2.45) is 0 Å². The van der Waals surface area contributed by atoms with Gasteiger partial charge in [0.05, 0.1) is 12.8 Å². The van der Waals surface area contributed by atoms with Crippen LogP contribution in [0.4, 0.5) is 4.79 Å². The Balaban J connectivity index is -0.000000165. The van der Waals surface area contributed by atoms with Crippen LogP contribution in [0.5, 0.6) is 0 Å². The predicted octanol–water partition coefficient (Wildman–Crippen LogP) is -2.32.